The Balaban J connectivity index is 1.73. The van der Waals surface area contributed by atoms with Gasteiger partial charge in [-0.2, -0.15) is 0 Å². The Morgan fingerprint density at radius 1 is 0.933 bits per heavy atom. The minimum Gasteiger partial charge on any atom is -0.496 e. The van der Waals surface area contributed by atoms with E-state index in [1.165, 1.54) is 0 Å². The summed E-state index contributed by atoms with van der Waals surface area (Å²) >= 11 is 0. The number of para-hydroxylation sites is 1. The van der Waals surface area contributed by atoms with Crippen LogP contribution in [0.2, 0.25) is 0 Å². The molecule has 0 aliphatic heterocycles. The first kappa shape index (κ1) is 19.5. The lowest BCUT2D eigenvalue weighted by Crippen LogP contribution is -2.10. The highest BCUT2D eigenvalue weighted by molar-refractivity contribution is 5.92. The van der Waals surface area contributed by atoms with E-state index in [9.17, 15) is 9.59 Å². The quantitative estimate of drug-likeness (QED) is 0.343. The van der Waals surface area contributed by atoms with E-state index >= 15 is 0 Å². The van der Waals surface area contributed by atoms with Crippen LogP contribution in [0.3, 0.4) is 0 Å². The average Bonchev–Trinajstić information content (AvgIpc) is 2.74. The number of esters is 1. The highest BCUT2D eigenvalue weighted by Crippen LogP contribution is 2.32. The van der Waals surface area contributed by atoms with Crippen LogP contribution < -0.4 is 14.9 Å². The molecule has 0 N–H and O–H groups in total. The van der Waals surface area contributed by atoms with Crippen LogP contribution in [-0.2, 0) is 0 Å². The molecule has 0 saturated carbocycles. The van der Waals surface area contributed by atoms with Crippen LogP contribution in [0.15, 0.2) is 75.9 Å². The van der Waals surface area contributed by atoms with Gasteiger partial charge in [-0.05, 0) is 44.2 Å². The van der Waals surface area contributed by atoms with Crippen molar-refractivity contribution in [2.24, 2.45) is 0 Å². The number of fused-ring (bicyclic) bond motifs is 1. The first-order valence-electron chi connectivity index (χ1n) is 9.47. The standard InChI is InChI=1S/C25H20O5/c1-15-8-10-17(11-9-15)25(27)30-18-12-13-20-22(14-18)29-16(2)23(24(20)26)19-6-4-5-7-21(19)28-3/h4-14H,1-3H3. The molecule has 4 rings (SSSR count). The van der Waals surface area contributed by atoms with Crippen LogP contribution in [0, 0.1) is 13.8 Å². The normalized spacial score (nSPS) is 10.8. The second-order valence-electron chi connectivity index (χ2n) is 6.98. The summed E-state index contributed by atoms with van der Waals surface area (Å²) in [5.41, 5.74) is 2.80. The van der Waals surface area contributed by atoms with Gasteiger partial charge in [0.05, 0.1) is 23.6 Å². The Morgan fingerprint density at radius 3 is 2.40 bits per heavy atom. The zero-order valence-corrected chi connectivity index (χ0v) is 16.9. The number of hydrogen-bond acceptors (Lipinski definition) is 5. The molecule has 0 unspecified atom stereocenters. The van der Waals surface area contributed by atoms with Crippen molar-refractivity contribution in [2.45, 2.75) is 13.8 Å². The molecule has 30 heavy (non-hydrogen) atoms. The summed E-state index contributed by atoms with van der Waals surface area (Å²) in [6.07, 6.45) is 0. The molecule has 0 radical (unpaired) electrons. The van der Waals surface area contributed by atoms with Crippen LogP contribution in [0.5, 0.6) is 11.5 Å². The zero-order chi connectivity index (χ0) is 21.3. The van der Waals surface area contributed by atoms with Crippen molar-refractivity contribution in [3.8, 4) is 22.6 Å². The molecule has 0 aliphatic rings. The lowest BCUT2D eigenvalue weighted by molar-refractivity contribution is 0.0735. The predicted molar refractivity (Wildman–Crippen MR) is 115 cm³/mol. The van der Waals surface area contributed by atoms with Crippen molar-refractivity contribution in [2.75, 3.05) is 7.11 Å². The van der Waals surface area contributed by atoms with Crippen molar-refractivity contribution in [3.05, 3.63) is 93.8 Å². The van der Waals surface area contributed by atoms with Gasteiger partial charge in [-0.25, -0.2) is 4.79 Å². The minimum absolute atomic E-state index is 0.172. The Hall–Kier alpha value is -3.86. The van der Waals surface area contributed by atoms with Gasteiger partial charge < -0.3 is 13.9 Å². The van der Waals surface area contributed by atoms with Gasteiger partial charge in [-0.3, -0.25) is 4.79 Å². The number of ether oxygens (including phenoxy) is 2. The van der Waals surface area contributed by atoms with Gasteiger partial charge in [0, 0.05) is 11.6 Å². The van der Waals surface area contributed by atoms with Crippen molar-refractivity contribution < 1.29 is 18.7 Å². The summed E-state index contributed by atoms with van der Waals surface area (Å²) < 4.78 is 16.8. The summed E-state index contributed by atoms with van der Waals surface area (Å²) in [5.74, 6) is 0.884. The maximum atomic E-state index is 13.2. The monoisotopic (exact) mass is 400 g/mol. The van der Waals surface area contributed by atoms with E-state index in [1.54, 1.807) is 50.4 Å². The number of aryl methyl sites for hydroxylation is 2. The highest BCUT2D eigenvalue weighted by atomic mass is 16.5. The Bertz CT molecular complexity index is 1300. The van der Waals surface area contributed by atoms with Crippen LogP contribution in [-0.4, -0.2) is 13.1 Å². The van der Waals surface area contributed by atoms with E-state index < -0.39 is 5.97 Å². The molecule has 0 amide bonds. The molecule has 150 valence electrons. The van der Waals surface area contributed by atoms with Gasteiger partial charge in [0.25, 0.3) is 0 Å². The van der Waals surface area contributed by atoms with Gasteiger partial charge in [-0.1, -0.05) is 35.9 Å². The van der Waals surface area contributed by atoms with Crippen molar-refractivity contribution in [3.63, 3.8) is 0 Å². The first-order chi connectivity index (χ1) is 14.5. The fourth-order valence-corrected chi connectivity index (χ4v) is 3.37. The molecule has 0 bridgehead atoms. The number of methoxy groups -OCH3 is 1. The smallest absolute Gasteiger partial charge is 0.343 e. The number of rotatable bonds is 4. The lowest BCUT2D eigenvalue weighted by Gasteiger charge is -2.11. The summed E-state index contributed by atoms with van der Waals surface area (Å²) in [6.45, 7) is 3.68. The summed E-state index contributed by atoms with van der Waals surface area (Å²) in [4.78, 5) is 25.6. The molecular formula is C25H20O5. The second-order valence-corrected chi connectivity index (χ2v) is 6.98. The van der Waals surface area contributed by atoms with E-state index in [4.69, 9.17) is 13.9 Å². The maximum Gasteiger partial charge on any atom is 0.343 e. The van der Waals surface area contributed by atoms with Crippen molar-refractivity contribution >= 4 is 16.9 Å². The topological polar surface area (TPSA) is 65.7 Å². The molecule has 5 nitrogen and oxygen atoms in total. The van der Waals surface area contributed by atoms with Crippen molar-refractivity contribution in [1.82, 2.24) is 0 Å². The average molecular weight is 400 g/mol. The van der Waals surface area contributed by atoms with Crippen LogP contribution in [0.4, 0.5) is 0 Å². The Kier molecular flexibility index (Phi) is 5.11. The lowest BCUT2D eigenvalue weighted by atomic mass is 10.0. The van der Waals surface area contributed by atoms with Crippen molar-refractivity contribution in [1.29, 1.82) is 0 Å². The predicted octanol–water partition coefficient (Wildman–Crippen LogP) is 5.30. The number of carbonyl (C=O) groups is 1. The first-order valence-corrected chi connectivity index (χ1v) is 9.47. The van der Waals surface area contributed by atoms with Gasteiger partial charge in [-0.15, -0.1) is 0 Å². The molecular weight excluding hydrogens is 380 g/mol. The SMILES string of the molecule is COc1ccccc1-c1c(C)oc2cc(OC(=O)c3ccc(C)cc3)ccc2c1=O. The maximum absolute atomic E-state index is 13.2. The summed E-state index contributed by atoms with van der Waals surface area (Å²) in [5, 5.41) is 0.400. The zero-order valence-electron chi connectivity index (χ0n) is 16.9. The van der Waals surface area contributed by atoms with E-state index in [1.807, 2.05) is 37.3 Å². The van der Waals surface area contributed by atoms with Gasteiger partial charge >= 0.3 is 5.97 Å². The molecule has 1 heterocycles. The third-order valence-electron chi connectivity index (χ3n) is 4.91. The largest absolute Gasteiger partial charge is 0.496 e. The highest BCUT2D eigenvalue weighted by Gasteiger charge is 2.18. The van der Waals surface area contributed by atoms with E-state index in [0.717, 1.165) is 5.56 Å². The van der Waals surface area contributed by atoms with Crippen LogP contribution in [0.25, 0.3) is 22.1 Å². The third kappa shape index (κ3) is 3.57. The van der Waals surface area contributed by atoms with E-state index in [2.05, 4.69) is 0 Å². The molecule has 0 aliphatic carbocycles. The van der Waals surface area contributed by atoms with Crippen LogP contribution >= 0.6 is 0 Å². The third-order valence-corrected chi connectivity index (χ3v) is 4.91. The molecule has 0 spiro atoms. The fraction of sp³-hybridized carbons (Fsp3) is 0.120. The summed E-state index contributed by atoms with van der Waals surface area (Å²) in [6, 6.07) is 19.2. The number of carbonyl (C=O) groups excluding carboxylic acids is 1. The molecule has 5 heteroatoms. The fourth-order valence-electron chi connectivity index (χ4n) is 3.37. The Labute approximate surface area is 173 Å². The second kappa shape index (κ2) is 7.87. The van der Waals surface area contributed by atoms with Gasteiger partial charge in [0.15, 0.2) is 0 Å². The molecule has 0 saturated heterocycles. The van der Waals surface area contributed by atoms with Gasteiger partial charge in [0.2, 0.25) is 5.43 Å². The van der Waals surface area contributed by atoms with E-state index in [-0.39, 0.29) is 5.43 Å². The number of benzene rings is 3. The van der Waals surface area contributed by atoms with Crippen LogP contribution in [0.1, 0.15) is 21.7 Å². The Morgan fingerprint density at radius 2 is 1.67 bits per heavy atom. The molecule has 3 aromatic carbocycles. The molecule has 0 atom stereocenters. The number of hydrogen-bond donors (Lipinski definition) is 0. The minimum atomic E-state index is -0.473. The molecule has 0 fully saturated rings. The van der Waals surface area contributed by atoms with Gasteiger partial charge in [0.1, 0.15) is 22.8 Å². The molecule has 1 aromatic heterocycles. The summed E-state index contributed by atoms with van der Waals surface area (Å²) in [7, 11) is 1.56. The van der Waals surface area contributed by atoms with E-state index in [0.29, 0.717) is 44.9 Å². The molecule has 4 aromatic rings.